The van der Waals surface area contributed by atoms with Crippen molar-refractivity contribution in [2.75, 3.05) is 32.6 Å². The van der Waals surface area contributed by atoms with Crippen LogP contribution in [0.25, 0.3) is 6.08 Å². The molecule has 2 saturated heterocycles. The molecule has 2 amide bonds. The Morgan fingerprint density at radius 3 is 2.66 bits per heavy atom. The highest BCUT2D eigenvalue weighted by molar-refractivity contribution is 7.92. The van der Waals surface area contributed by atoms with Gasteiger partial charge in [0.2, 0.25) is 0 Å². The highest BCUT2D eigenvalue weighted by atomic mass is 32.2. The van der Waals surface area contributed by atoms with Crippen LogP contribution in [0.5, 0.6) is 0 Å². The van der Waals surface area contributed by atoms with Gasteiger partial charge in [0, 0.05) is 31.0 Å². The number of thiophene rings is 1. The predicted octanol–water partition coefficient (Wildman–Crippen LogP) is 2.10. The molecule has 1 aromatic rings. The zero-order valence-electron chi connectivity index (χ0n) is 18.0. The summed E-state index contributed by atoms with van der Waals surface area (Å²) in [5, 5.41) is 0. The molecule has 0 radical (unpaired) electrons. The van der Waals surface area contributed by atoms with Crippen molar-refractivity contribution in [3.63, 3.8) is 0 Å². The Hall–Kier alpha value is -2.40. The number of sulfone groups is 1. The van der Waals surface area contributed by atoms with Crippen LogP contribution in [-0.2, 0) is 30.5 Å². The zero-order chi connectivity index (χ0) is 23.0. The molecule has 174 valence electrons. The Morgan fingerprint density at radius 1 is 1.28 bits per heavy atom. The van der Waals surface area contributed by atoms with E-state index in [9.17, 15) is 22.8 Å². The molecule has 2 fully saturated rings. The minimum absolute atomic E-state index is 0.0278. The Labute approximate surface area is 190 Å². The van der Waals surface area contributed by atoms with Crippen LogP contribution in [-0.4, -0.2) is 80.8 Å². The summed E-state index contributed by atoms with van der Waals surface area (Å²) < 4.78 is 34.9. The molecule has 0 saturated carbocycles. The topological polar surface area (TPSA) is 110 Å². The molecule has 4 rings (SSSR count). The first-order chi connectivity index (χ1) is 15.2. The van der Waals surface area contributed by atoms with Gasteiger partial charge in [-0.25, -0.2) is 18.0 Å². The quantitative estimate of drug-likeness (QED) is 0.591. The summed E-state index contributed by atoms with van der Waals surface area (Å²) in [6, 6.07) is -0.988. The van der Waals surface area contributed by atoms with E-state index in [1.165, 1.54) is 4.90 Å². The van der Waals surface area contributed by atoms with Gasteiger partial charge in [-0.05, 0) is 38.2 Å². The molecule has 9 nitrogen and oxygen atoms in total. The fraction of sp³-hybridized carbons (Fsp3) is 0.571. The monoisotopic (exact) mass is 482 g/mol. The third-order valence-electron chi connectivity index (χ3n) is 6.01. The molecule has 32 heavy (non-hydrogen) atoms. The van der Waals surface area contributed by atoms with Crippen LogP contribution in [0, 0.1) is 0 Å². The second kappa shape index (κ2) is 8.86. The summed E-state index contributed by atoms with van der Waals surface area (Å²) in [6.45, 7) is 2.71. The van der Waals surface area contributed by atoms with Crippen molar-refractivity contribution in [1.82, 2.24) is 9.80 Å². The van der Waals surface area contributed by atoms with Gasteiger partial charge in [-0.1, -0.05) is 12.2 Å². The summed E-state index contributed by atoms with van der Waals surface area (Å²) in [4.78, 5) is 41.4. The first kappa shape index (κ1) is 22.8. The van der Waals surface area contributed by atoms with Gasteiger partial charge in [-0.3, -0.25) is 9.69 Å². The molecule has 1 atom stereocenters. The molecule has 0 spiro atoms. The number of cyclic esters (lactones) is 1. The van der Waals surface area contributed by atoms with Gasteiger partial charge in [0.05, 0.1) is 11.5 Å². The van der Waals surface area contributed by atoms with E-state index in [4.69, 9.17) is 9.47 Å². The maximum absolute atomic E-state index is 13.3. The second-order valence-corrected chi connectivity index (χ2v) is 11.3. The van der Waals surface area contributed by atoms with Gasteiger partial charge < -0.3 is 14.4 Å². The minimum Gasteiger partial charge on any atom is -0.464 e. The van der Waals surface area contributed by atoms with E-state index in [2.05, 4.69) is 0 Å². The van der Waals surface area contributed by atoms with E-state index in [1.54, 1.807) is 17.9 Å². The zero-order valence-corrected chi connectivity index (χ0v) is 19.7. The van der Waals surface area contributed by atoms with Crippen molar-refractivity contribution < 1.29 is 32.3 Å². The van der Waals surface area contributed by atoms with Gasteiger partial charge in [0.25, 0.3) is 5.91 Å². The fourth-order valence-corrected chi connectivity index (χ4v) is 6.98. The van der Waals surface area contributed by atoms with Gasteiger partial charge in [-0.2, -0.15) is 0 Å². The summed E-state index contributed by atoms with van der Waals surface area (Å²) >= 11 is 1.04. The third kappa shape index (κ3) is 4.15. The smallest absolute Gasteiger partial charge is 0.410 e. The van der Waals surface area contributed by atoms with Crippen LogP contribution in [0.3, 0.4) is 0 Å². The first-order valence-corrected chi connectivity index (χ1v) is 13.4. The lowest BCUT2D eigenvalue weighted by Gasteiger charge is -2.37. The molecule has 3 heterocycles. The number of allylic oxidation sites excluding steroid dienone is 1. The number of carbonyl (C=O) groups excluding carboxylic acids is 3. The maximum atomic E-state index is 13.3. The summed E-state index contributed by atoms with van der Waals surface area (Å²) in [6.07, 6.45) is 6.76. The largest absolute Gasteiger partial charge is 0.464 e. The number of hydrogen-bond acceptors (Lipinski definition) is 8. The number of fused-ring (bicyclic) bond motifs is 1. The molecule has 0 bridgehead atoms. The van der Waals surface area contributed by atoms with E-state index >= 15 is 0 Å². The van der Waals surface area contributed by atoms with E-state index in [-0.39, 0.29) is 29.4 Å². The molecule has 2 aliphatic heterocycles. The normalized spacial score (nSPS) is 21.4. The third-order valence-corrected chi connectivity index (χ3v) is 9.09. The van der Waals surface area contributed by atoms with Crippen LogP contribution in [0.2, 0.25) is 0 Å². The number of nitrogens with zero attached hydrogens (tertiary/aromatic N) is 2. The van der Waals surface area contributed by atoms with E-state index < -0.39 is 27.9 Å². The summed E-state index contributed by atoms with van der Waals surface area (Å²) in [7, 11) is -3.44. The van der Waals surface area contributed by atoms with Crippen LogP contribution in [0.1, 0.15) is 47.0 Å². The van der Waals surface area contributed by atoms with Crippen molar-refractivity contribution in [2.45, 2.75) is 48.9 Å². The molecular weight excluding hydrogens is 456 g/mol. The lowest BCUT2D eigenvalue weighted by Crippen LogP contribution is -2.52. The highest BCUT2D eigenvalue weighted by Gasteiger charge is 2.44. The van der Waals surface area contributed by atoms with Crippen LogP contribution >= 0.6 is 11.3 Å². The molecule has 1 aromatic heterocycles. The van der Waals surface area contributed by atoms with Gasteiger partial charge in [0.1, 0.15) is 10.8 Å². The molecule has 3 aliphatic rings. The number of ether oxygens (including phenoxy) is 2. The van der Waals surface area contributed by atoms with Crippen molar-refractivity contribution in [3.8, 4) is 0 Å². The Bertz CT molecular complexity index is 1070. The number of carbonyl (C=O) groups is 3. The van der Waals surface area contributed by atoms with Gasteiger partial charge >= 0.3 is 12.1 Å². The van der Waals surface area contributed by atoms with E-state index in [0.717, 1.165) is 29.6 Å². The Balaban J connectivity index is 1.49. The fourth-order valence-electron chi connectivity index (χ4n) is 4.50. The van der Waals surface area contributed by atoms with Crippen molar-refractivity contribution >= 4 is 45.2 Å². The number of amides is 2. The first-order valence-electron chi connectivity index (χ1n) is 10.7. The number of esters is 1. The maximum Gasteiger partial charge on any atom is 0.410 e. The Kier molecular flexibility index (Phi) is 6.30. The SMILES string of the molecule is CCOC(=O)[C@@H]1COC(=O)N1C1CCN(C(=O)c2sc(S(C)(=O)=O)c3c2CCC=C3)CC1. The van der Waals surface area contributed by atoms with Crippen molar-refractivity contribution in [1.29, 1.82) is 0 Å². The lowest BCUT2D eigenvalue weighted by molar-refractivity contribution is -0.148. The van der Waals surface area contributed by atoms with Crippen LogP contribution in [0.15, 0.2) is 10.3 Å². The number of likely N-dealkylation sites (tertiary alicyclic amines) is 1. The molecule has 11 heteroatoms. The van der Waals surface area contributed by atoms with Gasteiger partial charge in [-0.15, -0.1) is 11.3 Å². The van der Waals surface area contributed by atoms with E-state index in [0.29, 0.717) is 42.8 Å². The number of hydrogen-bond donors (Lipinski definition) is 0. The molecular formula is C21H26N2O7S2. The average Bonchev–Trinajstić information content (AvgIpc) is 3.34. The Morgan fingerprint density at radius 2 is 2.00 bits per heavy atom. The highest BCUT2D eigenvalue weighted by Crippen LogP contribution is 2.38. The van der Waals surface area contributed by atoms with Crippen molar-refractivity contribution in [2.24, 2.45) is 0 Å². The van der Waals surface area contributed by atoms with Crippen LogP contribution < -0.4 is 0 Å². The van der Waals surface area contributed by atoms with Gasteiger partial charge in [0.15, 0.2) is 15.9 Å². The molecule has 1 aliphatic carbocycles. The van der Waals surface area contributed by atoms with E-state index in [1.807, 2.05) is 6.08 Å². The summed E-state index contributed by atoms with van der Waals surface area (Å²) in [5.41, 5.74) is 1.44. The summed E-state index contributed by atoms with van der Waals surface area (Å²) in [5.74, 6) is -0.663. The lowest BCUT2D eigenvalue weighted by atomic mass is 9.98. The average molecular weight is 483 g/mol. The van der Waals surface area contributed by atoms with Crippen molar-refractivity contribution in [3.05, 3.63) is 22.1 Å². The second-order valence-electron chi connectivity index (χ2n) is 8.10. The standard InChI is InChI=1S/C21H26N2O7S2/c1-3-29-19(25)16-12-30-21(26)23(16)13-8-10-22(11-9-13)18(24)17-14-6-4-5-7-15(14)20(31-17)32(2,27)28/h5,7,13,16H,3-4,6,8-12H2,1-2H3/t16-/m0/s1. The van der Waals surface area contributed by atoms with Crippen LogP contribution in [0.4, 0.5) is 4.79 Å². The number of piperidine rings is 1. The predicted molar refractivity (Wildman–Crippen MR) is 117 cm³/mol. The molecule has 0 N–H and O–H groups in total. The minimum atomic E-state index is -3.44. The molecule has 0 unspecified atom stereocenters. The number of rotatable bonds is 5. The molecule has 0 aromatic carbocycles.